The van der Waals surface area contributed by atoms with Crippen molar-refractivity contribution in [1.82, 2.24) is 20.5 Å². The number of hydrogen-bond donors (Lipinski definition) is 9. The number of nitrogens with two attached hydrogens (primary N) is 1. The van der Waals surface area contributed by atoms with Gasteiger partial charge in [0.25, 0.3) is 10.1 Å². The zero-order valence-corrected chi connectivity index (χ0v) is 70.8. The molecule has 112 heavy (non-hydrogen) atoms. The molecule has 6 atom stereocenters. The zero-order valence-electron chi connectivity index (χ0n) is 63.2. The number of likely N-dealkylation sites (N-methyl/N-ethyl adjacent to an activating group) is 1. The Bertz CT molecular complexity index is 4440. The number of rotatable bonds is 44. The van der Waals surface area contributed by atoms with Gasteiger partial charge in [0.2, 0.25) is 11.6 Å². The van der Waals surface area contributed by atoms with Gasteiger partial charge in [-0.2, -0.15) is 21.6 Å². The average Bonchev–Trinajstić information content (AvgIpc) is 1.60. The largest absolute Gasteiger partial charge is 0.490 e. The molecule has 622 valence electrons. The summed E-state index contributed by atoms with van der Waals surface area (Å²) in [6, 6.07) is 13.2. The number of amides is 3. The fraction of sp³-hybridized carbons (Fsp3) is 0.551. The number of carbonyl (C=O) groups is 4. The number of aromatic nitrogens is 1. The van der Waals surface area contributed by atoms with Crippen molar-refractivity contribution in [3.63, 3.8) is 0 Å². The molecule has 1 saturated heterocycles. The highest BCUT2D eigenvalue weighted by Gasteiger charge is 2.47. The number of fused-ring (bicyclic) bond motifs is 3. The Morgan fingerprint density at radius 3 is 2.21 bits per heavy atom. The van der Waals surface area contributed by atoms with E-state index >= 15 is 0 Å². The van der Waals surface area contributed by atoms with Crippen molar-refractivity contribution in [2.24, 2.45) is 5.73 Å². The SMILES string of the molecule is CCN1\C(=C/C=C/C=C/C2=[N+](CCCCCC(=O)NCCOCCOCCNC(=O)OCCC(C)(C)SSCOCCCCOC(=O)NCC#Cc3cn([C@H]4C[C@@H](OCS(C)=S)[C@@H](COP(=O)(O)OP(=O)(O)OP(=O)(O)O)O4)c4c3C(=O)CC(N)=C4)c3ccc(S(=O)(=O)O)cc3C2(C)C)C(C)(C)c2ccccc21.O=S(=O)=O. The Labute approximate surface area is 668 Å². The summed E-state index contributed by atoms with van der Waals surface area (Å²) in [4.78, 5) is 90.4. The summed E-state index contributed by atoms with van der Waals surface area (Å²) < 4.78 is 151. The minimum absolute atomic E-state index is 0.0622. The summed E-state index contributed by atoms with van der Waals surface area (Å²) in [6.45, 7) is 17.8. The lowest BCUT2D eigenvalue weighted by molar-refractivity contribution is -0.438. The van der Waals surface area contributed by atoms with Gasteiger partial charge in [-0.25, -0.2) is 23.3 Å². The molecule has 0 spiro atoms. The van der Waals surface area contributed by atoms with Gasteiger partial charge in [0, 0.05) is 96.6 Å². The predicted molar refractivity (Wildman–Crippen MR) is 425 cm³/mol. The second-order valence-electron chi connectivity index (χ2n) is 27.1. The molecule has 2 aromatic carbocycles. The monoisotopic (exact) mass is 1740 g/mol. The molecule has 3 unspecified atom stereocenters. The van der Waals surface area contributed by atoms with Gasteiger partial charge < -0.3 is 83.9 Å². The quantitative estimate of drug-likeness (QED) is 0.00372. The number of anilines is 1. The van der Waals surface area contributed by atoms with Crippen LogP contribution >= 0.6 is 45.1 Å². The van der Waals surface area contributed by atoms with Crippen molar-refractivity contribution < 1.29 is 129 Å². The van der Waals surface area contributed by atoms with E-state index in [1.165, 1.54) is 40.0 Å². The Hall–Kier alpha value is -5.80. The van der Waals surface area contributed by atoms with Crippen LogP contribution in [0.15, 0.2) is 95.3 Å². The third-order valence-electron chi connectivity index (χ3n) is 17.4. The number of unbranched alkanes of at least 4 members (excludes halogenated alkanes) is 3. The lowest BCUT2D eigenvalue weighted by Gasteiger charge is -2.25. The van der Waals surface area contributed by atoms with E-state index in [2.05, 4.69) is 109 Å². The van der Waals surface area contributed by atoms with Gasteiger partial charge in [-0.3, -0.25) is 18.7 Å². The van der Waals surface area contributed by atoms with Crippen LogP contribution in [0.5, 0.6) is 0 Å². The molecule has 0 saturated carbocycles. The minimum Gasteiger partial charge on any atom is -0.450 e. The van der Waals surface area contributed by atoms with Crippen LogP contribution in [0.25, 0.3) is 6.08 Å². The van der Waals surface area contributed by atoms with Gasteiger partial charge in [0.1, 0.15) is 24.8 Å². The van der Waals surface area contributed by atoms with Crippen molar-refractivity contribution in [1.29, 1.82) is 0 Å². The summed E-state index contributed by atoms with van der Waals surface area (Å²) in [5.41, 5.74) is 12.9. The number of allylic oxidation sites excluding steroid dienone is 7. The highest BCUT2D eigenvalue weighted by Crippen LogP contribution is 2.66. The van der Waals surface area contributed by atoms with E-state index in [9.17, 15) is 55.6 Å². The minimum atomic E-state index is -5.79. The van der Waals surface area contributed by atoms with Crippen LogP contribution in [0.4, 0.5) is 21.0 Å². The van der Waals surface area contributed by atoms with E-state index < -0.39 is 96.3 Å². The molecule has 4 heterocycles. The van der Waals surface area contributed by atoms with Crippen LogP contribution in [0.1, 0.15) is 145 Å². The molecule has 1 fully saturated rings. The number of nitrogens with one attached hydrogen (secondary N) is 3. The maximum absolute atomic E-state index is 13.3. The number of nitrogens with zero attached hydrogens (tertiary/aromatic N) is 3. The van der Waals surface area contributed by atoms with E-state index in [0.29, 0.717) is 83.3 Å². The highest BCUT2D eigenvalue weighted by molar-refractivity contribution is 8.77. The van der Waals surface area contributed by atoms with Crippen molar-refractivity contribution in [2.75, 3.05) is 109 Å². The molecule has 7 rings (SSSR count). The zero-order chi connectivity index (χ0) is 82.7. The molecule has 0 bridgehead atoms. The molecule has 34 nitrogen and oxygen atoms in total. The molecule has 1 aliphatic carbocycles. The topological polar surface area (TPSA) is 472 Å². The van der Waals surface area contributed by atoms with E-state index in [0.717, 1.165) is 36.3 Å². The highest BCUT2D eigenvalue weighted by atomic mass is 33.1. The van der Waals surface area contributed by atoms with Crippen LogP contribution in [0, 0.1) is 11.8 Å². The predicted octanol–water partition coefficient (Wildman–Crippen LogP) is 9.01. The van der Waals surface area contributed by atoms with E-state index in [1.54, 1.807) is 39.8 Å². The number of para-hydroxylation sites is 1. The summed E-state index contributed by atoms with van der Waals surface area (Å²) in [7, 11) is -22.0. The van der Waals surface area contributed by atoms with Crippen LogP contribution < -0.4 is 26.6 Å². The van der Waals surface area contributed by atoms with Crippen molar-refractivity contribution in [3.8, 4) is 11.8 Å². The first kappa shape index (κ1) is 95.0. The summed E-state index contributed by atoms with van der Waals surface area (Å²) in [6.07, 6.45) is 15.2. The number of hydrogen-bond acceptors (Lipinski definition) is 27. The number of benzene rings is 2. The second-order valence-corrected chi connectivity index (χ2v) is 39.4. The Kier molecular flexibility index (Phi) is 37.8. The van der Waals surface area contributed by atoms with E-state index in [-0.39, 0.29) is 95.3 Å². The molecule has 0 radical (unpaired) electrons. The molecular weight excluding hydrogens is 1640 g/mol. The first-order valence-corrected chi connectivity index (χ1v) is 47.3. The normalized spacial score (nSPS) is 18.8. The standard InChI is InChI=1S/C69H98N7O24P3S5.O3S/c1-9-74-54-23-16-15-22-52(54)68(4,5)60(74)24-12-10-13-25-61-69(6,7)53-43-51(108(88,89)90)27-28-55(53)75(61)33-17-11-14-26-62(78)71-31-37-91-39-40-92-38-32-73-66(80)95-36-29-67(2,3)106-105-47-93-34-18-19-35-94-65(79)72-30-20-21-49-45-76(56-41-50(70)42-57(77)64(49)56)63-44-58(96-48-107(8)104)59(98-63)46-97-102(84,85)100-103(86,87)99-101(81,82)83;1-4(2)3/h10,12-13,15-16,22-25,27-28,41,43,45,58-59,63H,9,11,14,17-19,26,29-40,42,44,46-48H2,1-8H3,(H9-,70,71,72,73,77,78,79,80,81,82,83,84,85,86,87,88,89,90);/p+1/t58-,59-,63-,107?;/m1./s1. The number of alkyl carbamates (subject to hydrolysis) is 2. The molecule has 3 aliphatic heterocycles. The van der Waals surface area contributed by atoms with Crippen molar-refractivity contribution in [3.05, 3.63) is 118 Å². The Balaban J connectivity index is 0.00000477. The van der Waals surface area contributed by atoms with Crippen LogP contribution in [-0.4, -0.2) is 205 Å². The summed E-state index contributed by atoms with van der Waals surface area (Å²) >= 11 is 5.24. The molecule has 3 aromatic rings. The van der Waals surface area contributed by atoms with Crippen molar-refractivity contribution in [2.45, 2.75) is 145 Å². The van der Waals surface area contributed by atoms with Crippen LogP contribution in [0.3, 0.4) is 0 Å². The van der Waals surface area contributed by atoms with Crippen molar-refractivity contribution >= 4 is 133 Å². The lowest BCUT2D eigenvalue weighted by Crippen LogP contribution is -2.30. The Morgan fingerprint density at radius 2 is 1.53 bits per heavy atom. The van der Waals surface area contributed by atoms with Gasteiger partial charge in [0.05, 0.1) is 98.4 Å². The van der Waals surface area contributed by atoms with Gasteiger partial charge in [-0.15, -0.1) is 12.6 Å². The fourth-order valence-electron chi connectivity index (χ4n) is 12.2. The third kappa shape index (κ3) is 31.0. The summed E-state index contributed by atoms with van der Waals surface area (Å²) in [5, 5.41) is 8.12. The molecule has 1 aromatic heterocycles. The van der Waals surface area contributed by atoms with Gasteiger partial charge >= 0.3 is 46.3 Å². The number of phosphoric acid groups is 3. The van der Waals surface area contributed by atoms with Gasteiger partial charge in [-0.1, -0.05) is 93.2 Å². The van der Waals surface area contributed by atoms with E-state index in [1.807, 2.05) is 39.8 Å². The first-order chi connectivity index (χ1) is 52.6. The first-order valence-electron chi connectivity index (χ1n) is 35.3. The average molecular weight is 1740 g/mol. The maximum atomic E-state index is 13.3. The van der Waals surface area contributed by atoms with E-state index in [4.69, 9.17) is 77.0 Å². The lowest BCUT2D eigenvalue weighted by atomic mass is 9.81. The number of ether oxygens (including phenoxy) is 7. The van der Waals surface area contributed by atoms with Crippen LogP contribution in [-0.2, 0) is 117 Å². The van der Waals surface area contributed by atoms with Crippen LogP contribution in [0.2, 0.25) is 0 Å². The summed E-state index contributed by atoms with van der Waals surface area (Å²) in [5.74, 6) is 5.75. The second kappa shape index (κ2) is 44.5. The Morgan fingerprint density at radius 1 is 0.848 bits per heavy atom. The maximum Gasteiger partial charge on any atom is 0.490 e. The van der Waals surface area contributed by atoms with Gasteiger partial charge in [0.15, 0.2) is 11.5 Å². The smallest absolute Gasteiger partial charge is 0.450 e. The fourth-order valence-corrected chi connectivity index (χ4v) is 18.6. The molecule has 10 N–H and O–H groups in total. The molecule has 3 amide bonds. The van der Waals surface area contributed by atoms with Gasteiger partial charge in [-0.05, 0) is 120 Å². The number of Topliss-reactive ketones (excluding diaryl/α,β-unsaturated/α-hetero) is 1. The molecular formula is C69H99N7O27P3S6+. The molecule has 43 heteroatoms. The third-order valence-corrected chi connectivity index (χ3v) is 25.8. The number of phosphoric ester groups is 1. The molecule has 4 aliphatic rings. The number of ketones is 1. The number of carbonyl (C=O) groups excluding carboxylic acids is 4.